The normalized spacial score (nSPS) is 29.1. The van der Waals surface area contributed by atoms with Crippen LogP contribution in [0.2, 0.25) is 0 Å². The van der Waals surface area contributed by atoms with Gasteiger partial charge in [-0.1, -0.05) is 13.8 Å². The Morgan fingerprint density at radius 2 is 2.19 bits per heavy atom. The van der Waals surface area contributed by atoms with Gasteiger partial charge >= 0.3 is 0 Å². The Bertz CT molecular complexity index is 481. The molecular weight excluding hydrogens is 298 g/mol. The van der Waals surface area contributed by atoms with E-state index in [2.05, 4.69) is 37.1 Å². The topological polar surface area (TPSA) is 37.8 Å². The fourth-order valence-corrected chi connectivity index (χ4v) is 5.84. The first kappa shape index (κ1) is 15.6. The van der Waals surface area contributed by atoms with Crippen LogP contribution in [-0.4, -0.2) is 33.3 Å². The zero-order valence-electron chi connectivity index (χ0n) is 13.0. The number of thioether (sulfide) groups is 2. The number of nitrogens with one attached hydrogen (secondary N) is 1. The first-order valence-electron chi connectivity index (χ1n) is 8.12. The molecule has 1 aliphatic carbocycles. The van der Waals surface area contributed by atoms with Crippen molar-refractivity contribution in [1.29, 1.82) is 0 Å². The Labute approximate surface area is 136 Å². The van der Waals surface area contributed by atoms with Gasteiger partial charge in [-0.3, -0.25) is 0 Å². The highest BCUT2D eigenvalue weighted by Gasteiger charge is 2.28. The molecule has 2 aliphatic rings. The molecule has 1 saturated heterocycles. The van der Waals surface area contributed by atoms with Gasteiger partial charge in [0, 0.05) is 40.3 Å². The zero-order chi connectivity index (χ0) is 14.7. The lowest BCUT2D eigenvalue weighted by Crippen LogP contribution is -2.27. The van der Waals surface area contributed by atoms with E-state index in [1.54, 1.807) is 0 Å². The van der Waals surface area contributed by atoms with Crippen molar-refractivity contribution in [3.05, 3.63) is 23.3 Å². The summed E-state index contributed by atoms with van der Waals surface area (Å²) < 4.78 is 0. The third-order valence-corrected chi connectivity index (χ3v) is 7.37. The Balaban J connectivity index is 1.80. The van der Waals surface area contributed by atoms with Gasteiger partial charge in [0.2, 0.25) is 0 Å². The van der Waals surface area contributed by atoms with E-state index in [0.717, 1.165) is 18.8 Å². The molecule has 1 aliphatic heterocycles. The molecule has 116 valence electrons. The lowest BCUT2D eigenvalue weighted by Gasteiger charge is -2.29. The highest BCUT2D eigenvalue weighted by atomic mass is 32.2. The number of nitrogens with zero attached hydrogens (tertiary/aromatic N) is 2. The molecule has 0 spiro atoms. The second kappa shape index (κ2) is 7.34. The van der Waals surface area contributed by atoms with Gasteiger partial charge in [-0.25, -0.2) is 9.97 Å². The number of rotatable bonds is 4. The highest BCUT2D eigenvalue weighted by Crippen LogP contribution is 2.41. The minimum Gasteiger partial charge on any atom is -0.310 e. The fourth-order valence-electron chi connectivity index (χ4n) is 3.15. The Morgan fingerprint density at radius 1 is 1.33 bits per heavy atom. The second-order valence-corrected chi connectivity index (χ2v) is 8.63. The average Bonchev–Trinajstić information content (AvgIpc) is 2.52. The van der Waals surface area contributed by atoms with Gasteiger partial charge < -0.3 is 5.32 Å². The fraction of sp³-hybridized carbons (Fsp3) is 0.750. The van der Waals surface area contributed by atoms with E-state index in [0.29, 0.717) is 16.5 Å². The van der Waals surface area contributed by atoms with E-state index in [1.807, 2.05) is 11.8 Å². The summed E-state index contributed by atoms with van der Waals surface area (Å²) in [5, 5.41) is 4.74. The standard InChI is InChI=1S/C16H25N3S2/c1-3-7-17-13-5-4-6-14-12(13)10-18-16(19-14)15-11(2)20-8-9-21-15/h10-11,13,15,17H,3-9H2,1-2H3. The molecule has 1 N–H and O–H groups in total. The minimum absolute atomic E-state index is 0.466. The third kappa shape index (κ3) is 3.57. The van der Waals surface area contributed by atoms with Crippen molar-refractivity contribution >= 4 is 23.5 Å². The summed E-state index contributed by atoms with van der Waals surface area (Å²) in [6.45, 7) is 5.61. The summed E-state index contributed by atoms with van der Waals surface area (Å²) in [6.07, 6.45) is 6.87. The lowest BCUT2D eigenvalue weighted by molar-refractivity contribution is 0.452. The average molecular weight is 324 g/mol. The molecule has 1 fully saturated rings. The van der Waals surface area contributed by atoms with Crippen LogP contribution < -0.4 is 5.32 Å². The summed E-state index contributed by atoms with van der Waals surface area (Å²) in [7, 11) is 0. The molecule has 3 atom stereocenters. The van der Waals surface area contributed by atoms with Gasteiger partial charge in [0.25, 0.3) is 0 Å². The zero-order valence-corrected chi connectivity index (χ0v) is 14.6. The van der Waals surface area contributed by atoms with Crippen LogP contribution >= 0.6 is 23.5 Å². The first-order chi connectivity index (χ1) is 10.3. The molecule has 0 radical (unpaired) electrons. The summed E-state index contributed by atoms with van der Waals surface area (Å²) in [5.41, 5.74) is 2.64. The summed E-state index contributed by atoms with van der Waals surface area (Å²) in [5.74, 6) is 3.55. The number of aryl methyl sites for hydroxylation is 1. The maximum Gasteiger partial charge on any atom is 0.142 e. The smallest absolute Gasteiger partial charge is 0.142 e. The predicted molar refractivity (Wildman–Crippen MR) is 93.1 cm³/mol. The van der Waals surface area contributed by atoms with E-state index >= 15 is 0 Å². The maximum atomic E-state index is 4.96. The van der Waals surface area contributed by atoms with Gasteiger partial charge in [-0.05, 0) is 32.2 Å². The van der Waals surface area contributed by atoms with Crippen LogP contribution in [0.5, 0.6) is 0 Å². The van der Waals surface area contributed by atoms with Gasteiger partial charge in [0.1, 0.15) is 5.82 Å². The monoisotopic (exact) mass is 323 g/mol. The second-order valence-electron chi connectivity index (χ2n) is 5.90. The minimum atomic E-state index is 0.466. The third-order valence-electron chi connectivity index (χ3n) is 4.28. The van der Waals surface area contributed by atoms with Crippen LogP contribution in [0.4, 0.5) is 0 Å². The van der Waals surface area contributed by atoms with Crippen molar-refractivity contribution < 1.29 is 0 Å². The van der Waals surface area contributed by atoms with Crippen LogP contribution in [0.1, 0.15) is 61.5 Å². The van der Waals surface area contributed by atoms with Gasteiger partial charge in [-0.2, -0.15) is 11.8 Å². The molecule has 2 heterocycles. The van der Waals surface area contributed by atoms with E-state index < -0.39 is 0 Å². The van der Waals surface area contributed by atoms with Crippen LogP contribution in [0.15, 0.2) is 6.20 Å². The van der Waals surface area contributed by atoms with Crippen molar-refractivity contribution in [3.8, 4) is 0 Å². The molecule has 3 rings (SSSR count). The Morgan fingerprint density at radius 3 is 3.00 bits per heavy atom. The number of fused-ring (bicyclic) bond motifs is 1. The molecule has 1 aromatic rings. The predicted octanol–water partition coefficient (Wildman–Crippen LogP) is 3.76. The van der Waals surface area contributed by atoms with E-state index in [1.165, 1.54) is 42.0 Å². The molecule has 21 heavy (non-hydrogen) atoms. The van der Waals surface area contributed by atoms with Crippen molar-refractivity contribution in [3.63, 3.8) is 0 Å². The quantitative estimate of drug-likeness (QED) is 0.913. The molecule has 1 aromatic heterocycles. The molecule has 0 amide bonds. The summed E-state index contributed by atoms with van der Waals surface area (Å²) in [4.78, 5) is 9.70. The largest absolute Gasteiger partial charge is 0.310 e. The first-order valence-corrected chi connectivity index (χ1v) is 10.2. The maximum absolute atomic E-state index is 4.96. The van der Waals surface area contributed by atoms with Crippen molar-refractivity contribution in [2.24, 2.45) is 0 Å². The SMILES string of the molecule is CCCNC1CCCc2nc(C3SCCSC3C)ncc21. The number of hydrogen-bond acceptors (Lipinski definition) is 5. The van der Waals surface area contributed by atoms with Crippen LogP contribution in [0.3, 0.4) is 0 Å². The molecule has 5 heteroatoms. The van der Waals surface area contributed by atoms with Gasteiger partial charge in [0.15, 0.2) is 0 Å². The van der Waals surface area contributed by atoms with Crippen molar-refractivity contribution in [1.82, 2.24) is 15.3 Å². The van der Waals surface area contributed by atoms with Crippen LogP contribution in [0, 0.1) is 0 Å². The summed E-state index contributed by atoms with van der Waals surface area (Å²) >= 11 is 4.09. The summed E-state index contributed by atoms with van der Waals surface area (Å²) in [6, 6.07) is 0.466. The van der Waals surface area contributed by atoms with Crippen molar-refractivity contribution in [2.75, 3.05) is 18.1 Å². The van der Waals surface area contributed by atoms with Crippen LogP contribution in [-0.2, 0) is 6.42 Å². The lowest BCUT2D eigenvalue weighted by atomic mass is 9.92. The van der Waals surface area contributed by atoms with E-state index in [-0.39, 0.29) is 0 Å². The van der Waals surface area contributed by atoms with Crippen LogP contribution in [0.25, 0.3) is 0 Å². The molecule has 3 nitrogen and oxygen atoms in total. The van der Waals surface area contributed by atoms with Gasteiger partial charge in [0.05, 0.1) is 5.25 Å². The molecule has 0 aromatic carbocycles. The molecule has 0 saturated carbocycles. The molecule has 0 bridgehead atoms. The van der Waals surface area contributed by atoms with E-state index in [9.17, 15) is 0 Å². The Hall–Kier alpha value is -0.260. The van der Waals surface area contributed by atoms with Crippen molar-refractivity contribution in [2.45, 2.75) is 56.1 Å². The number of aromatic nitrogens is 2. The highest BCUT2D eigenvalue weighted by molar-refractivity contribution is 8.06. The molecule has 3 unspecified atom stereocenters. The number of hydrogen-bond donors (Lipinski definition) is 1. The Kier molecular flexibility index (Phi) is 5.46. The van der Waals surface area contributed by atoms with Gasteiger partial charge in [-0.15, -0.1) is 11.8 Å². The van der Waals surface area contributed by atoms with E-state index in [4.69, 9.17) is 9.97 Å². The molecular formula is C16H25N3S2.